The van der Waals surface area contributed by atoms with Gasteiger partial charge in [0.25, 0.3) is 0 Å². The SMILES string of the molecule is COc1cc([C@H]2C3=CC[C@@H]4C(=O)N(CCc5ccc(O)cc5)C(=O)[C@@H]4[C@@H]3CC3=C2C(=O)C=C(C)C3=O)cc(OC)c1O. The van der Waals surface area contributed by atoms with Crippen LogP contribution in [0.3, 0.4) is 0 Å². The number of methoxy groups -OCH3 is 2. The maximum atomic E-state index is 13.9. The molecule has 1 aliphatic heterocycles. The van der Waals surface area contributed by atoms with Crippen molar-refractivity contribution in [1.29, 1.82) is 0 Å². The number of fused-ring (bicyclic) bond motifs is 3. The number of hydrogen-bond acceptors (Lipinski definition) is 8. The number of imide groups is 1. The van der Waals surface area contributed by atoms with Gasteiger partial charge in [0.1, 0.15) is 5.75 Å². The summed E-state index contributed by atoms with van der Waals surface area (Å²) in [7, 11) is 2.82. The van der Waals surface area contributed by atoms with Crippen LogP contribution in [0.25, 0.3) is 0 Å². The highest BCUT2D eigenvalue weighted by atomic mass is 16.5. The van der Waals surface area contributed by atoms with Crippen LogP contribution in [0.15, 0.2) is 70.8 Å². The van der Waals surface area contributed by atoms with Crippen LogP contribution in [0.1, 0.15) is 36.8 Å². The summed E-state index contributed by atoms with van der Waals surface area (Å²) in [5, 5.41) is 20.1. The van der Waals surface area contributed by atoms with Gasteiger partial charge in [-0.25, -0.2) is 0 Å². The molecule has 2 aromatic rings. The van der Waals surface area contributed by atoms with Crippen LogP contribution >= 0.6 is 0 Å². The van der Waals surface area contributed by atoms with Gasteiger partial charge in [0.05, 0.1) is 26.1 Å². The molecule has 42 heavy (non-hydrogen) atoms. The number of ether oxygens (including phenoxy) is 2. The van der Waals surface area contributed by atoms with Crippen LogP contribution < -0.4 is 9.47 Å². The number of ketones is 2. The summed E-state index contributed by atoms with van der Waals surface area (Å²) in [6.07, 6.45) is 4.27. The molecule has 2 aromatic carbocycles. The number of phenols is 2. The third-order valence-corrected chi connectivity index (χ3v) is 9.05. The van der Waals surface area contributed by atoms with E-state index in [1.165, 1.54) is 25.2 Å². The summed E-state index contributed by atoms with van der Waals surface area (Å²) >= 11 is 0. The highest BCUT2D eigenvalue weighted by Crippen LogP contribution is 2.56. The van der Waals surface area contributed by atoms with Crippen molar-refractivity contribution in [3.8, 4) is 23.0 Å². The maximum Gasteiger partial charge on any atom is 0.233 e. The predicted octanol–water partition coefficient (Wildman–Crippen LogP) is 3.79. The Bertz CT molecular complexity index is 1600. The largest absolute Gasteiger partial charge is 0.508 e. The van der Waals surface area contributed by atoms with Crippen LogP contribution in [0.2, 0.25) is 0 Å². The van der Waals surface area contributed by atoms with Gasteiger partial charge in [0.15, 0.2) is 23.1 Å². The van der Waals surface area contributed by atoms with E-state index in [1.807, 2.05) is 6.08 Å². The summed E-state index contributed by atoms with van der Waals surface area (Å²) < 4.78 is 10.8. The molecule has 0 radical (unpaired) electrons. The molecule has 0 unspecified atom stereocenters. The first kappa shape index (κ1) is 27.5. The lowest BCUT2D eigenvalue weighted by atomic mass is 9.59. The molecule has 216 valence electrons. The number of allylic oxidation sites excluding steroid dienone is 6. The Balaban J connectivity index is 1.41. The average Bonchev–Trinajstić information content (AvgIpc) is 3.23. The molecule has 3 aliphatic carbocycles. The van der Waals surface area contributed by atoms with Crippen molar-refractivity contribution in [1.82, 2.24) is 4.90 Å². The van der Waals surface area contributed by atoms with E-state index in [4.69, 9.17) is 9.47 Å². The molecule has 0 aromatic heterocycles. The van der Waals surface area contributed by atoms with E-state index >= 15 is 0 Å². The number of rotatable bonds is 6. The average molecular weight is 570 g/mol. The smallest absolute Gasteiger partial charge is 0.233 e. The van der Waals surface area contributed by atoms with Crippen molar-refractivity contribution < 1.29 is 38.9 Å². The zero-order chi connectivity index (χ0) is 29.9. The summed E-state index contributed by atoms with van der Waals surface area (Å²) in [6.45, 7) is 1.82. The van der Waals surface area contributed by atoms with E-state index in [1.54, 1.807) is 43.3 Å². The molecular weight excluding hydrogens is 538 g/mol. The number of Topliss-reactive ketones (excluding diaryl/α,β-unsaturated/α-hetero) is 1. The summed E-state index contributed by atoms with van der Waals surface area (Å²) in [5.41, 5.74) is 3.32. The summed E-state index contributed by atoms with van der Waals surface area (Å²) in [6, 6.07) is 9.90. The molecule has 0 spiro atoms. The molecule has 6 rings (SSSR count). The van der Waals surface area contributed by atoms with Crippen molar-refractivity contribution in [3.05, 3.63) is 82.0 Å². The lowest BCUT2D eigenvalue weighted by Gasteiger charge is -2.42. The van der Waals surface area contributed by atoms with E-state index in [0.717, 1.165) is 11.1 Å². The molecule has 1 fully saturated rings. The lowest BCUT2D eigenvalue weighted by molar-refractivity contribution is -0.140. The van der Waals surface area contributed by atoms with Gasteiger partial charge in [-0.1, -0.05) is 23.8 Å². The second-order valence-electron chi connectivity index (χ2n) is 11.2. The summed E-state index contributed by atoms with van der Waals surface area (Å²) in [5.74, 6) is -3.13. The quantitative estimate of drug-likeness (QED) is 0.305. The molecule has 4 atom stereocenters. The van der Waals surface area contributed by atoms with E-state index in [2.05, 4.69) is 0 Å². The fourth-order valence-electron chi connectivity index (χ4n) is 7.03. The fraction of sp³-hybridized carbons (Fsp3) is 0.333. The number of aromatic hydroxyl groups is 2. The van der Waals surface area contributed by atoms with Gasteiger partial charge in [0, 0.05) is 29.2 Å². The van der Waals surface area contributed by atoms with Crippen LogP contribution in [-0.2, 0) is 25.6 Å². The van der Waals surface area contributed by atoms with Crippen LogP contribution in [0, 0.1) is 17.8 Å². The number of benzene rings is 2. The first-order valence-electron chi connectivity index (χ1n) is 13.9. The Morgan fingerprint density at radius 2 is 1.60 bits per heavy atom. The van der Waals surface area contributed by atoms with E-state index in [0.29, 0.717) is 35.1 Å². The second-order valence-corrected chi connectivity index (χ2v) is 11.2. The van der Waals surface area contributed by atoms with Crippen LogP contribution in [0.5, 0.6) is 23.0 Å². The topological polar surface area (TPSA) is 130 Å². The number of phenolic OH excluding ortho intramolecular Hbond substituents is 2. The Kier molecular flexibility index (Phi) is 6.75. The van der Waals surface area contributed by atoms with Gasteiger partial charge in [-0.15, -0.1) is 0 Å². The molecular formula is C33H31NO8. The van der Waals surface area contributed by atoms with E-state index in [-0.39, 0.29) is 59.3 Å². The van der Waals surface area contributed by atoms with Crippen LogP contribution in [-0.4, -0.2) is 59.3 Å². The third kappa shape index (κ3) is 4.22. The molecule has 2 N–H and O–H groups in total. The minimum absolute atomic E-state index is 0.141. The molecule has 1 saturated heterocycles. The Morgan fingerprint density at radius 1 is 0.929 bits per heavy atom. The maximum absolute atomic E-state index is 13.9. The highest BCUT2D eigenvalue weighted by molar-refractivity contribution is 6.23. The highest BCUT2D eigenvalue weighted by Gasteiger charge is 2.56. The molecule has 1 heterocycles. The molecule has 4 aliphatic rings. The Morgan fingerprint density at radius 3 is 2.24 bits per heavy atom. The summed E-state index contributed by atoms with van der Waals surface area (Å²) in [4.78, 5) is 55.7. The number of nitrogens with zero attached hydrogens (tertiary/aromatic N) is 1. The number of hydrogen-bond donors (Lipinski definition) is 2. The van der Waals surface area contributed by atoms with Gasteiger partial charge in [-0.3, -0.25) is 24.1 Å². The minimum Gasteiger partial charge on any atom is -0.508 e. The van der Waals surface area contributed by atoms with E-state index < -0.39 is 23.7 Å². The van der Waals surface area contributed by atoms with Crippen molar-refractivity contribution in [3.63, 3.8) is 0 Å². The monoisotopic (exact) mass is 569 g/mol. The van der Waals surface area contributed by atoms with Gasteiger partial charge in [-0.2, -0.15) is 0 Å². The zero-order valence-corrected chi connectivity index (χ0v) is 23.5. The third-order valence-electron chi connectivity index (χ3n) is 9.05. The fourth-order valence-corrected chi connectivity index (χ4v) is 7.03. The molecule has 9 nitrogen and oxygen atoms in total. The first-order chi connectivity index (χ1) is 20.1. The number of likely N-dealkylation sites (tertiary alicyclic amines) is 1. The minimum atomic E-state index is -0.683. The van der Waals surface area contributed by atoms with Crippen molar-refractivity contribution in [2.24, 2.45) is 17.8 Å². The number of amides is 2. The van der Waals surface area contributed by atoms with Crippen molar-refractivity contribution >= 4 is 23.4 Å². The Labute approximate surface area is 242 Å². The normalized spacial score (nSPS) is 25.1. The van der Waals surface area contributed by atoms with E-state index in [9.17, 15) is 29.4 Å². The zero-order valence-electron chi connectivity index (χ0n) is 23.5. The van der Waals surface area contributed by atoms with Crippen molar-refractivity contribution in [2.45, 2.75) is 32.1 Å². The number of carbonyl (C=O) groups is 4. The Hall–Kier alpha value is -4.66. The first-order valence-corrected chi connectivity index (χ1v) is 13.9. The standard InChI is InChI=1S/C33H31NO8/c1-16-12-24(36)29-23(30(16)37)15-22-20(27(29)18-13-25(41-2)31(38)26(14-18)42-3)8-9-21-28(22)33(40)34(32(21)39)11-10-17-4-6-19(35)7-5-17/h4-8,12-14,21-22,27-28,35,38H,9-11,15H2,1-3H3/t21-,22+,27-,28-/m0/s1. The molecule has 2 amide bonds. The predicted molar refractivity (Wildman–Crippen MR) is 151 cm³/mol. The van der Waals surface area contributed by atoms with Crippen LogP contribution in [0.4, 0.5) is 0 Å². The molecule has 0 saturated carbocycles. The van der Waals surface area contributed by atoms with Gasteiger partial charge in [0.2, 0.25) is 17.6 Å². The van der Waals surface area contributed by atoms with Crippen molar-refractivity contribution in [2.75, 3.05) is 20.8 Å². The van der Waals surface area contributed by atoms with Gasteiger partial charge < -0.3 is 19.7 Å². The second kappa shape index (κ2) is 10.3. The molecule has 9 heteroatoms. The number of carbonyl (C=O) groups excluding carboxylic acids is 4. The van der Waals surface area contributed by atoms with Gasteiger partial charge in [-0.05, 0) is 73.6 Å². The lowest BCUT2D eigenvalue weighted by Crippen LogP contribution is -2.40. The van der Waals surface area contributed by atoms with Gasteiger partial charge >= 0.3 is 0 Å². The molecule has 0 bridgehead atoms.